The lowest BCUT2D eigenvalue weighted by Gasteiger charge is -2.27. The minimum Gasteiger partial charge on any atom is -0.273 e. The van der Waals surface area contributed by atoms with Gasteiger partial charge in [0.05, 0.1) is 4.90 Å². The fourth-order valence-corrected chi connectivity index (χ4v) is 4.55. The molecular weight excluding hydrogens is 404 g/mol. The summed E-state index contributed by atoms with van der Waals surface area (Å²) in [5.41, 5.74) is 6.07. The predicted molar refractivity (Wildman–Crippen MR) is 112 cm³/mol. The van der Waals surface area contributed by atoms with E-state index >= 15 is 0 Å². The molecule has 0 unspecified atom stereocenters. The van der Waals surface area contributed by atoms with E-state index in [1.54, 1.807) is 42.5 Å². The summed E-state index contributed by atoms with van der Waals surface area (Å²) in [6.07, 6.45) is 4.26. The highest BCUT2D eigenvalue weighted by atomic mass is 32.2. The Labute approximate surface area is 176 Å². The predicted octanol–water partition coefficient (Wildman–Crippen LogP) is 1.94. The molecular formula is C21H26N4O4S. The Balaban J connectivity index is 1.41. The maximum absolute atomic E-state index is 12.4. The van der Waals surface area contributed by atoms with Crippen molar-refractivity contribution >= 4 is 21.8 Å². The highest BCUT2D eigenvalue weighted by Crippen LogP contribution is 2.28. The second-order valence-electron chi connectivity index (χ2n) is 7.54. The first-order chi connectivity index (χ1) is 14.3. The number of nitrogens with one attached hydrogen (secondary N) is 3. The number of sulfonamides is 1. The molecule has 0 atom stereocenters. The van der Waals surface area contributed by atoms with Crippen LogP contribution in [0.2, 0.25) is 0 Å². The molecule has 0 saturated heterocycles. The molecule has 0 spiro atoms. The van der Waals surface area contributed by atoms with Crippen molar-refractivity contribution in [2.24, 2.45) is 11.8 Å². The van der Waals surface area contributed by atoms with Gasteiger partial charge in [-0.2, -0.15) is 0 Å². The summed E-state index contributed by atoms with van der Waals surface area (Å²) in [6.45, 7) is 2.25. The van der Waals surface area contributed by atoms with Gasteiger partial charge < -0.3 is 0 Å². The SMILES string of the molecule is Cc1ccc(S(=O)(=O)NCC2CCC(C(=O)NNC(=O)c3ccccn3)CC2)cc1. The van der Waals surface area contributed by atoms with Gasteiger partial charge in [-0.1, -0.05) is 23.8 Å². The topological polar surface area (TPSA) is 117 Å². The third kappa shape index (κ3) is 5.87. The van der Waals surface area contributed by atoms with Crippen LogP contribution in [0.3, 0.4) is 0 Å². The number of hydrogen-bond acceptors (Lipinski definition) is 5. The van der Waals surface area contributed by atoms with Crippen molar-refractivity contribution in [2.75, 3.05) is 6.54 Å². The van der Waals surface area contributed by atoms with Crippen LogP contribution < -0.4 is 15.6 Å². The van der Waals surface area contributed by atoms with Crippen molar-refractivity contribution in [3.05, 3.63) is 59.9 Å². The molecule has 0 bridgehead atoms. The zero-order valence-electron chi connectivity index (χ0n) is 16.8. The number of benzene rings is 1. The van der Waals surface area contributed by atoms with Crippen LogP contribution in [0, 0.1) is 18.8 Å². The first-order valence-electron chi connectivity index (χ1n) is 9.93. The number of hydrogen-bond donors (Lipinski definition) is 3. The van der Waals surface area contributed by atoms with E-state index in [1.165, 1.54) is 6.20 Å². The maximum Gasteiger partial charge on any atom is 0.288 e. The average molecular weight is 431 g/mol. The van der Waals surface area contributed by atoms with Gasteiger partial charge in [-0.25, -0.2) is 13.1 Å². The molecule has 1 saturated carbocycles. The molecule has 1 heterocycles. The normalized spacial score (nSPS) is 19.1. The van der Waals surface area contributed by atoms with Gasteiger partial charge in [-0.05, 0) is 62.8 Å². The smallest absolute Gasteiger partial charge is 0.273 e. The zero-order valence-corrected chi connectivity index (χ0v) is 17.6. The van der Waals surface area contributed by atoms with E-state index < -0.39 is 15.9 Å². The Morgan fingerprint density at radius 3 is 2.33 bits per heavy atom. The Hall–Kier alpha value is -2.78. The highest BCUT2D eigenvalue weighted by molar-refractivity contribution is 7.89. The van der Waals surface area contributed by atoms with Crippen molar-refractivity contribution < 1.29 is 18.0 Å². The van der Waals surface area contributed by atoms with E-state index in [2.05, 4.69) is 20.6 Å². The summed E-state index contributed by atoms with van der Waals surface area (Å²) in [5.74, 6) is -0.738. The summed E-state index contributed by atoms with van der Waals surface area (Å²) < 4.78 is 27.5. The third-order valence-corrected chi connectivity index (χ3v) is 6.75. The van der Waals surface area contributed by atoms with E-state index in [4.69, 9.17) is 0 Å². The van der Waals surface area contributed by atoms with Crippen molar-refractivity contribution in [1.29, 1.82) is 0 Å². The molecule has 1 aliphatic rings. The van der Waals surface area contributed by atoms with Crippen molar-refractivity contribution in [1.82, 2.24) is 20.6 Å². The Morgan fingerprint density at radius 1 is 1.00 bits per heavy atom. The molecule has 30 heavy (non-hydrogen) atoms. The molecule has 2 amide bonds. The quantitative estimate of drug-likeness (QED) is 0.606. The lowest BCUT2D eigenvalue weighted by molar-refractivity contribution is -0.127. The average Bonchev–Trinajstić information content (AvgIpc) is 2.77. The van der Waals surface area contributed by atoms with Crippen LogP contribution in [0.25, 0.3) is 0 Å². The van der Waals surface area contributed by atoms with Crippen LogP contribution in [0.1, 0.15) is 41.7 Å². The molecule has 3 rings (SSSR count). The molecule has 8 nitrogen and oxygen atoms in total. The standard InChI is InChI=1S/C21H26N4O4S/c1-15-5-11-18(12-6-15)30(28,29)23-14-16-7-9-17(10-8-16)20(26)24-25-21(27)19-4-2-3-13-22-19/h2-6,11-13,16-17,23H,7-10,14H2,1H3,(H,24,26)(H,25,27). The number of hydrazine groups is 1. The molecule has 1 aromatic carbocycles. The van der Waals surface area contributed by atoms with Crippen LogP contribution in [0.15, 0.2) is 53.6 Å². The molecule has 9 heteroatoms. The number of amides is 2. The lowest BCUT2D eigenvalue weighted by atomic mass is 9.82. The number of carbonyl (C=O) groups is 2. The number of carbonyl (C=O) groups excluding carboxylic acids is 2. The van der Waals surface area contributed by atoms with Gasteiger partial charge >= 0.3 is 0 Å². The molecule has 1 aromatic heterocycles. The number of rotatable bonds is 6. The molecule has 2 aromatic rings. The Bertz CT molecular complexity index is 970. The van der Waals surface area contributed by atoms with Crippen LogP contribution >= 0.6 is 0 Å². The van der Waals surface area contributed by atoms with E-state index in [0.29, 0.717) is 19.4 Å². The van der Waals surface area contributed by atoms with Gasteiger partial charge in [-0.3, -0.25) is 25.4 Å². The van der Waals surface area contributed by atoms with Gasteiger partial charge in [0, 0.05) is 18.7 Å². The molecule has 160 valence electrons. The summed E-state index contributed by atoms with van der Waals surface area (Å²) >= 11 is 0. The minimum absolute atomic E-state index is 0.178. The van der Waals surface area contributed by atoms with Gasteiger partial charge in [0.15, 0.2) is 0 Å². The first-order valence-corrected chi connectivity index (χ1v) is 11.4. The Morgan fingerprint density at radius 2 is 1.70 bits per heavy atom. The van der Waals surface area contributed by atoms with E-state index in [0.717, 1.165) is 18.4 Å². The molecule has 1 fully saturated rings. The van der Waals surface area contributed by atoms with Crippen LogP contribution in [-0.2, 0) is 14.8 Å². The van der Waals surface area contributed by atoms with Crippen LogP contribution in [-0.4, -0.2) is 31.8 Å². The fraction of sp³-hybridized carbons (Fsp3) is 0.381. The molecule has 0 aliphatic heterocycles. The van der Waals surface area contributed by atoms with Gasteiger partial charge in [-0.15, -0.1) is 0 Å². The molecule has 1 aliphatic carbocycles. The fourth-order valence-electron chi connectivity index (χ4n) is 3.44. The summed E-state index contributed by atoms with van der Waals surface area (Å²) in [4.78, 5) is 28.4. The first kappa shape index (κ1) is 21.9. The number of pyridine rings is 1. The Kier molecular flexibility index (Phi) is 7.17. The van der Waals surface area contributed by atoms with Crippen LogP contribution in [0.5, 0.6) is 0 Å². The molecule has 0 radical (unpaired) electrons. The number of aryl methyl sites for hydroxylation is 1. The number of aromatic nitrogens is 1. The maximum atomic E-state index is 12.4. The highest BCUT2D eigenvalue weighted by Gasteiger charge is 2.27. The van der Waals surface area contributed by atoms with E-state index in [-0.39, 0.29) is 28.3 Å². The molecule has 3 N–H and O–H groups in total. The summed E-state index contributed by atoms with van der Waals surface area (Å²) in [7, 11) is -3.53. The van der Waals surface area contributed by atoms with Gasteiger partial charge in [0.1, 0.15) is 5.69 Å². The summed E-state index contributed by atoms with van der Waals surface area (Å²) in [6, 6.07) is 11.7. The third-order valence-electron chi connectivity index (χ3n) is 5.31. The lowest BCUT2D eigenvalue weighted by Crippen LogP contribution is -2.45. The van der Waals surface area contributed by atoms with Gasteiger partial charge in [0.2, 0.25) is 15.9 Å². The van der Waals surface area contributed by atoms with Crippen molar-refractivity contribution in [3.63, 3.8) is 0 Å². The summed E-state index contributed by atoms with van der Waals surface area (Å²) in [5, 5.41) is 0. The minimum atomic E-state index is -3.53. The van der Waals surface area contributed by atoms with Crippen molar-refractivity contribution in [2.45, 2.75) is 37.5 Å². The monoisotopic (exact) mass is 430 g/mol. The van der Waals surface area contributed by atoms with E-state index in [9.17, 15) is 18.0 Å². The number of nitrogens with zero attached hydrogens (tertiary/aromatic N) is 1. The van der Waals surface area contributed by atoms with Crippen molar-refractivity contribution in [3.8, 4) is 0 Å². The van der Waals surface area contributed by atoms with Gasteiger partial charge in [0.25, 0.3) is 5.91 Å². The largest absolute Gasteiger partial charge is 0.288 e. The van der Waals surface area contributed by atoms with Crippen LogP contribution in [0.4, 0.5) is 0 Å². The zero-order chi connectivity index (χ0) is 21.6. The second-order valence-corrected chi connectivity index (χ2v) is 9.31. The second kappa shape index (κ2) is 9.82. The van der Waals surface area contributed by atoms with E-state index in [1.807, 2.05) is 6.92 Å².